The number of ether oxygens (including phenoxy) is 1. The first-order valence-electron chi connectivity index (χ1n) is 4.18. The highest BCUT2D eigenvalue weighted by atomic mass is 32.2. The predicted octanol–water partition coefficient (Wildman–Crippen LogP) is 0.772. The topological polar surface area (TPSA) is 52.3 Å². The van der Waals surface area contributed by atoms with Crippen LogP contribution in [0.15, 0.2) is 0 Å². The molecule has 4 heteroatoms. The maximum atomic E-state index is 10.8. The van der Waals surface area contributed by atoms with Crippen LogP contribution in [-0.2, 0) is 9.53 Å². The molecule has 0 heterocycles. The molecule has 1 saturated carbocycles. The summed E-state index contributed by atoms with van der Waals surface area (Å²) in [6.07, 6.45) is 3.43. The molecule has 0 radical (unpaired) electrons. The zero-order chi connectivity index (χ0) is 8.97. The second-order valence-electron chi connectivity index (χ2n) is 3.02. The summed E-state index contributed by atoms with van der Waals surface area (Å²) in [5.74, 6) is 0.286. The number of hydrogen-bond acceptors (Lipinski definition) is 4. The van der Waals surface area contributed by atoms with Gasteiger partial charge in [-0.15, -0.1) is 11.8 Å². The Morgan fingerprint density at radius 2 is 2.42 bits per heavy atom. The summed E-state index contributed by atoms with van der Waals surface area (Å²) < 4.78 is 4.54. The number of thioether (sulfide) groups is 1. The molecule has 1 rings (SSSR count). The monoisotopic (exact) mass is 189 g/mol. The number of esters is 1. The molecule has 2 atom stereocenters. The van der Waals surface area contributed by atoms with E-state index in [1.165, 1.54) is 13.5 Å². The first kappa shape index (κ1) is 9.86. The summed E-state index contributed by atoms with van der Waals surface area (Å²) in [6, 6.07) is 0.277. The fourth-order valence-electron chi connectivity index (χ4n) is 1.40. The summed E-state index contributed by atoms with van der Waals surface area (Å²) in [5, 5.41) is 0.462. The average Bonchev–Trinajstić information content (AvgIpc) is 2.47. The fourth-order valence-corrected chi connectivity index (χ4v) is 2.58. The first-order valence-corrected chi connectivity index (χ1v) is 5.23. The van der Waals surface area contributed by atoms with Gasteiger partial charge in [0.05, 0.1) is 12.9 Å². The Balaban J connectivity index is 2.18. The molecular weight excluding hydrogens is 174 g/mol. The highest BCUT2D eigenvalue weighted by Gasteiger charge is 2.24. The molecule has 2 N–H and O–H groups in total. The molecule has 0 bridgehead atoms. The molecule has 0 aromatic rings. The van der Waals surface area contributed by atoms with Gasteiger partial charge < -0.3 is 10.5 Å². The van der Waals surface area contributed by atoms with Crippen molar-refractivity contribution in [2.24, 2.45) is 5.73 Å². The molecule has 0 amide bonds. The van der Waals surface area contributed by atoms with E-state index >= 15 is 0 Å². The lowest BCUT2D eigenvalue weighted by molar-refractivity contribution is -0.137. The summed E-state index contributed by atoms with van der Waals surface area (Å²) in [6.45, 7) is 0. The van der Waals surface area contributed by atoms with Gasteiger partial charge in [0.2, 0.25) is 0 Å². The van der Waals surface area contributed by atoms with Gasteiger partial charge in [0.15, 0.2) is 0 Å². The molecule has 70 valence electrons. The number of methoxy groups -OCH3 is 1. The van der Waals surface area contributed by atoms with Crippen LogP contribution in [0.5, 0.6) is 0 Å². The Labute approximate surface area is 77.0 Å². The van der Waals surface area contributed by atoms with Gasteiger partial charge in [-0.05, 0) is 12.8 Å². The molecule has 0 spiro atoms. The van der Waals surface area contributed by atoms with E-state index in [2.05, 4.69) is 4.74 Å². The quantitative estimate of drug-likeness (QED) is 0.666. The van der Waals surface area contributed by atoms with Gasteiger partial charge in [0.1, 0.15) is 0 Å². The van der Waals surface area contributed by atoms with Gasteiger partial charge in [0.25, 0.3) is 0 Å². The van der Waals surface area contributed by atoms with Crippen LogP contribution in [0.4, 0.5) is 0 Å². The Morgan fingerprint density at radius 3 is 2.92 bits per heavy atom. The van der Waals surface area contributed by atoms with E-state index in [1.54, 1.807) is 11.8 Å². The number of hydrogen-bond donors (Lipinski definition) is 1. The van der Waals surface area contributed by atoms with Crippen molar-refractivity contribution in [3.8, 4) is 0 Å². The minimum absolute atomic E-state index is 0.154. The van der Waals surface area contributed by atoms with Crippen molar-refractivity contribution >= 4 is 17.7 Å². The van der Waals surface area contributed by atoms with E-state index in [4.69, 9.17) is 5.73 Å². The van der Waals surface area contributed by atoms with Crippen molar-refractivity contribution in [1.82, 2.24) is 0 Å². The maximum Gasteiger partial charge on any atom is 0.315 e. The van der Waals surface area contributed by atoms with Crippen molar-refractivity contribution < 1.29 is 9.53 Å². The summed E-state index contributed by atoms with van der Waals surface area (Å²) >= 11 is 1.63. The van der Waals surface area contributed by atoms with Crippen LogP contribution < -0.4 is 5.73 Å². The molecule has 3 nitrogen and oxygen atoms in total. The molecule has 1 aliphatic rings. The van der Waals surface area contributed by atoms with E-state index in [-0.39, 0.29) is 12.0 Å². The number of nitrogens with two attached hydrogens (primary N) is 1. The molecule has 1 fully saturated rings. The van der Waals surface area contributed by atoms with Crippen LogP contribution in [0.1, 0.15) is 19.3 Å². The van der Waals surface area contributed by atoms with Crippen LogP contribution in [0.25, 0.3) is 0 Å². The highest BCUT2D eigenvalue weighted by molar-refractivity contribution is 8.00. The number of rotatable bonds is 3. The van der Waals surface area contributed by atoms with Gasteiger partial charge >= 0.3 is 5.97 Å². The Kier molecular flexibility index (Phi) is 3.88. The second kappa shape index (κ2) is 4.72. The molecule has 12 heavy (non-hydrogen) atoms. The SMILES string of the molecule is COC(=O)CSC1CCCC1N. The molecule has 1 aliphatic carbocycles. The van der Waals surface area contributed by atoms with Crippen molar-refractivity contribution in [1.29, 1.82) is 0 Å². The zero-order valence-corrected chi connectivity index (χ0v) is 8.10. The minimum Gasteiger partial charge on any atom is -0.468 e. The number of carbonyl (C=O) groups excluding carboxylic acids is 1. The van der Waals surface area contributed by atoms with Crippen molar-refractivity contribution in [2.75, 3.05) is 12.9 Å². The van der Waals surface area contributed by atoms with Crippen LogP contribution in [-0.4, -0.2) is 30.1 Å². The van der Waals surface area contributed by atoms with Gasteiger partial charge in [-0.2, -0.15) is 0 Å². The van der Waals surface area contributed by atoms with E-state index in [9.17, 15) is 4.79 Å². The van der Waals surface area contributed by atoms with Crippen molar-refractivity contribution in [3.05, 3.63) is 0 Å². The molecular formula is C8H15NO2S. The third-order valence-corrected chi connectivity index (χ3v) is 3.56. The fraction of sp³-hybridized carbons (Fsp3) is 0.875. The third-order valence-electron chi connectivity index (χ3n) is 2.15. The predicted molar refractivity (Wildman–Crippen MR) is 50.1 cm³/mol. The van der Waals surface area contributed by atoms with Crippen LogP contribution in [0, 0.1) is 0 Å². The minimum atomic E-state index is -0.154. The standard InChI is InChI=1S/C8H15NO2S/c1-11-8(10)5-12-7-4-2-3-6(7)9/h6-7H,2-5,9H2,1H3. The number of carbonyl (C=O) groups is 1. The first-order chi connectivity index (χ1) is 5.74. The molecule has 0 aromatic carbocycles. The van der Waals surface area contributed by atoms with Crippen LogP contribution >= 0.6 is 11.8 Å². The average molecular weight is 189 g/mol. The Morgan fingerprint density at radius 1 is 1.67 bits per heavy atom. The van der Waals surface area contributed by atoms with E-state index in [0.717, 1.165) is 12.8 Å². The highest BCUT2D eigenvalue weighted by Crippen LogP contribution is 2.28. The van der Waals surface area contributed by atoms with Gasteiger partial charge in [-0.25, -0.2) is 0 Å². The lowest BCUT2D eigenvalue weighted by atomic mass is 10.3. The Bertz CT molecular complexity index is 163. The molecule has 2 unspecified atom stereocenters. The summed E-state index contributed by atoms with van der Waals surface area (Å²) in [5.41, 5.74) is 5.83. The smallest absolute Gasteiger partial charge is 0.315 e. The lowest BCUT2D eigenvalue weighted by Gasteiger charge is -2.13. The van der Waals surface area contributed by atoms with E-state index < -0.39 is 0 Å². The van der Waals surface area contributed by atoms with Gasteiger partial charge in [-0.3, -0.25) is 4.79 Å². The van der Waals surface area contributed by atoms with Gasteiger partial charge in [-0.1, -0.05) is 6.42 Å². The zero-order valence-electron chi connectivity index (χ0n) is 7.29. The van der Waals surface area contributed by atoms with Crippen molar-refractivity contribution in [3.63, 3.8) is 0 Å². The Hall–Kier alpha value is -0.220. The maximum absolute atomic E-state index is 10.8. The third kappa shape index (κ3) is 2.68. The normalized spacial score (nSPS) is 28.8. The van der Waals surface area contributed by atoms with Crippen LogP contribution in [0.3, 0.4) is 0 Å². The van der Waals surface area contributed by atoms with Crippen molar-refractivity contribution in [2.45, 2.75) is 30.6 Å². The summed E-state index contributed by atoms with van der Waals surface area (Å²) in [4.78, 5) is 10.8. The van der Waals surface area contributed by atoms with Crippen LogP contribution in [0.2, 0.25) is 0 Å². The second-order valence-corrected chi connectivity index (χ2v) is 4.25. The lowest BCUT2D eigenvalue weighted by Crippen LogP contribution is -2.27. The largest absolute Gasteiger partial charge is 0.468 e. The molecule has 0 aromatic heterocycles. The molecule has 0 saturated heterocycles. The van der Waals surface area contributed by atoms with E-state index in [1.807, 2.05) is 0 Å². The van der Waals surface area contributed by atoms with E-state index in [0.29, 0.717) is 11.0 Å². The summed E-state index contributed by atoms with van der Waals surface area (Å²) in [7, 11) is 1.41. The molecule has 0 aliphatic heterocycles. The van der Waals surface area contributed by atoms with Gasteiger partial charge in [0, 0.05) is 11.3 Å².